The van der Waals surface area contributed by atoms with E-state index in [1.807, 2.05) is 30.3 Å². The number of halogens is 1. The number of ether oxygens (including phenoxy) is 1. The molecule has 0 atom stereocenters. The standard InChI is InChI=1S/C25H22FN5O2/c1-25(32)11-15(12-25)31-24(28)18(13-27)22(30-31)17-9-8-16-20(33-2)10-19(29-23(16)21(17)26)14-6-4-3-5-7-14/h3-10,15,32H,11-12,28H2,1-2H3/t15-,25+. The first-order valence-corrected chi connectivity index (χ1v) is 10.6. The summed E-state index contributed by atoms with van der Waals surface area (Å²) in [7, 11) is 1.53. The fourth-order valence-corrected chi connectivity index (χ4v) is 4.49. The Labute approximate surface area is 189 Å². The first-order valence-electron chi connectivity index (χ1n) is 10.6. The average molecular weight is 443 g/mol. The quantitative estimate of drug-likeness (QED) is 0.482. The summed E-state index contributed by atoms with van der Waals surface area (Å²) >= 11 is 0. The van der Waals surface area contributed by atoms with E-state index >= 15 is 4.39 Å². The van der Waals surface area contributed by atoms with Gasteiger partial charge in [0.25, 0.3) is 0 Å². The molecule has 3 N–H and O–H groups in total. The van der Waals surface area contributed by atoms with Crippen molar-refractivity contribution in [2.24, 2.45) is 0 Å². The van der Waals surface area contributed by atoms with Gasteiger partial charge in [-0.3, -0.25) is 0 Å². The molecular formula is C25H22FN5O2. The number of nitrogens with zero attached hydrogens (tertiary/aromatic N) is 4. The summed E-state index contributed by atoms with van der Waals surface area (Å²) in [5.74, 6) is 0.0490. The SMILES string of the molecule is COc1cc(-c2ccccc2)nc2c(F)c(-c3nn([C@H]4C[C@@](C)(O)C4)c(N)c3C#N)ccc12. The highest BCUT2D eigenvalue weighted by Crippen LogP contribution is 2.44. The van der Waals surface area contributed by atoms with Gasteiger partial charge in [0.15, 0.2) is 5.82 Å². The topological polar surface area (TPSA) is 110 Å². The maximum absolute atomic E-state index is 15.9. The lowest BCUT2D eigenvalue weighted by molar-refractivity contribution is -0.0535. The number of anilines is 1. The third kappa shape index (κ3) is 3.38. The van der Waals surface area contributed by atoms with Gasteiger partial charge >= 0.3 is 0 Å². The first kappa shape index (κ1) is 20.9. The summed E-state index contributed by atoms with van der Waals surface area (Å²) in [4.78, 5) is 4.57. The number of benzene rings is 2. The zero-order chi connectivity index (χ0) is 23.3. The number of aliphatic hydroxyl groups is 1. The molecule has 0 saturated heterocycles. The Morgan fingerprint density at radius 3 is 2.61 bits per heavy atom. The van der Waals surface area contributed by atoms with Crippen molar-refractivity contribution in [1.29, 1.82) is 5.26 Å². The molecular weight excluding hydrogens is 421 g/mol. The number of hydrogen-bond acceptors (Lipinski definition) is 6. The third-order valence-electron chi connectivity index (χ3n) is 6.18. The maximum Gasteiger partial charge on any atom is 0.159 e. The molecule has 1 aliphatic carbocycles. The second-order valence-electron chi connectivity index (χ2n) is 8.62. The van der Waals surface area contributed by atoms with Gasteiger partial charge in [-0.2, -0.15) is 10.4 Å². The van der Waals surface area contributed by atoms with Crippen LogP contribution in [-0.2, 0) is 0 Å². The number of nitrogen functional groups attached to an aromatic ring is 1. The van der Waals surface area contributed by atoms with Crippen LogP contribution >= 0.6 is 0 Å². The molecule has 0 unspecified atom stereocenters. The van der Waals surface area contributed by atoms with E-state index in [0.717, 1.165) is 5.56 Å². The highest BCUT2D eigenvalue weighted by molar-refractivity contribution is 5.92. The van der Waals surface area contributed by atoms with E-state index in [1.54, 1.807) is 25.1 Å². The minimum Gasteiger partial charge on any atom is -0.496 e. The molecule has 2 aromatic heterocycles. The fourth-order valence-electron chi connectivity index (χ4n) is 4.49. The summed E-state index contributed by atoms with van der Waals surface area (Å²) in [6, 6.07) is 16.4. The Morgan fingerprint density at radius 1 is 1.24 bits per heavy atom. The van der Waals surface area contributed by atoms with Crippen LogP contribution in [-0.4, -0.2) is 32.6 Å². The molecule has 1 fully saturated rings. The molecule has 4 aromatic rings. The van der Waals surface area contributed by atoms with Crippen LogP contribution in [0.4, 0.5) is 10.2 Å². The van der Waals surface area contributed by atoms with Gasteiger partial charge < -0.3 is 15.6 Å². The minimum absolute atomic E-state index is 0.103. The van der Waals surface area contributed by atoms with Gasteiger partial charge in [0.05, 0.1) is 24.4 Å². The molecule has 8 heteroatoms. The predicted octanol–water partition coefficient (Wildman–Crippen LogP) is 4.45. The smallest absolute Gasteiger partial charge is 0.159 e. The van der Waals surface area contributed by atoms with E-state index in [2.05, 4.69) is 16.2 Å². The van der Waals surface area contributed by atoms with Gasteiger partial charge in [-0.05, 0) is 31.9 Å². The molecule has 0 bridgehead atoms. The zero-order valence-corrected chi connectivity index (χ0v) is 18.2. The monoisotopic (exact) mass is 443 g/mol. The van der Waals surface area contributed by atoms with Crippen LogP contribution in [0.3, 0.4) is 0 Å². The molecule has 166 valence electrons. The van der Waals surface area contributed by atoms with Crippen LogP contribution in [0.25, 0.3) is 33.4 Å². The van der Waals surface area contributed by atoms with Crippen molar-refractivity contribution >= 4 is 16.7 Å². The Kier molecular flexibility index (Phi) is 4.80. The normalized spacial score (nSPS) is 19.8. The van der Waals surface area contributed by atoms with Crippen LogP contribution in [0.2, 0.25) is 0 Å². The number of nitrogens with two attached hydrogens (primary N) is 1. The third-order valence-corrected chi connectivity index (χ3v) is 6.18. The van der Waals surface area contributed by atoms with Crippen LogP contribution in [0.15, 0.2) is 48.5 Å². The highest BCUT2D eigenvalue weighted by Gasteiger charge is 2.41. The molecule has 0 aliphatic heterocycles. The van der Waals surface area contributed by atoms with Gasteiger partial charge in [-0.25, -0.2) is 14.1 Å². The molecule has 33 heavy (non-hydrogen) atoms. The summed E-state index contributed by atoms with van der Waals surface area (Å²) in [5, 5.41) is 24.8. The number of nitriles is 1. The van der Waals surface area contributed by atoms with E-state index in [1.165, 1.54) is 11.8 Å². The van der Waals surface area contributed by atoms with Crippen molar-refractivity contribution in [2.75, 3.05) is 12.8 Å². The van der Waals surface area contributed by atoms with E-state index in [9.17, 15) is 10.4 Å². The summed E-state index contributed by atoms with van der Waals surface area (Å²) in [6.07, 6.45) is 0.922. The molecule has 1 aliphatic rings. The van der Waals surface area contributed by atoms with Gasteiger partial charge in [0, 0.05) is 22.6 Å². The molecule has 2 aromatic carbocycles. The fraction of sp³-hybridized carbons (Fsp3) is 0.240. The summed E-state index contributed by atoms with van der Waals surface area (Å²) in [6.45, 7) is 1.74. The minimum atomic E-state index is -0.793. The average Bonchev–Trinajstić information content (AvgIpc) is 3.13. The molecule has 0 amide bonds. The van der Waals surface area contributed by atoms with E-state index in [-0.39, 0.29) is 34.2 Å². The number of aromatic nitrogens is 3. The van der Waals surface area contributed by atoms with Crippen LogP contribution in [0.5, 0.6) is 5.75 Å². The zero-order valence-electron chi connectivity index (χ0n) is 18.2. The number of rotatable bonds is 4. The Morgan fingerprint density at radius 2 is 1.97 bits per heavy atom. The van der Waals surface area contributed by atoms with Gasteiger partial charge in [-0.1, -0.05) is 30.3 Å². The second-order valence-corrected chi connectivity index (χ2v) is 8.62. The molecule has 0 spiro atoms. The number of pyridine rings is 1. The van der Waals surface area contributed by atoms with Crippen molar-refractivity contribution in [1.82, 2.24) is 14.8 Å². The van der Waals surface area contributed by atoms with E-state index in [0.29, 0.717) is 29.7 Å². The van der Waals surface area contributed by atoms with Crippen LogP contribution in [0.1, 0.15) is 31.4 Å². The van der Waals surface area contributed by atoms with E-state index in [4.69, 9.17) is 10.5 Å². The van der Waals surface area contributed by atoms with Crippen LogP contribution in [0, 0.1) is 17.1 Å². The first-order chi connectivity index (χ1) is 15.8. The Hall–Kier alpha value is -3.96. The molecule has 7 nitrogen and oxygen atoms in total. The predicted molar refractivity (Wildman–Crippen MR) is 123 cm³/mol. The molecule has 5 rings (SSSR count). The number of fused-ring (bicyclic) bond motifs is 1. The molecule has 0 radical (unpaired) electrons. The van der Waals surface area contributed by atoms with Gasteiger partial charge in [0.1, 0.15) is 34.4 Å². The van der Waals surface area contributed by atoms with E-state index < -0.39 is 11.4 Å². The van der Waals surface area contributed by atoms with Gasteiger partial charge in [-0.15, -0.1) is 0 Å². The van der Waals surface area contributed by atoms with Crippen LogP contribution < -0.4 is 10.5 Å². The van der Waals surface area contributed by atoms with Crippen molar-refractivity contribution < 1.29 is 14.2 Å². The Bertz CT molecular complexity index is 1410. The molecule has 1 saturated carbocycles. The Balaban J connectivity index is 1.69. The summed E-state index contributed by atoms with van der Waals surface area (Å²) in [5.41, 5.74) is 7.31. The lowest BCUT2D eigenvalue weighted by Gasteiger charge is -2.41. The lowest BCUT2D eigenvalue weighted by Crippen LogP contribution is -2.42. The van der Waals surface area contributed by atoms with Crippen molar-refractivity contribution in [3.8, 4) is 34.3 Å². The van der Waals surface area contributed by atoms with Crippen molar-refractivity contribution in [3.05, 3.63) is 59.9 Å². The largest absolute Gasteiger partial charge is 0.496 e. The second kappa shape index (κ2) is 7.57. The highest BCUT2D eigenvalue weighted by atomic mass is 19.1. The summed E-state index contributed by atoms with van der Waals surface area (Å²) < 4.78 is 22.9. The molecule has 2 heterocycles. The van der Waals surface area contributed by atoms with Crippen molar-refractivity contribution in [2.45, 2.75) is 31.4 Å². The maximum atomic E-state index is 15.9. The van der Waals surface area contributed by atoms with Gasteiger partial charge in [0.2, 0.25) is 0 Å². The lowest BCUT2D eigenvalue weighted by atomic mass is 9.77. The van der Waals surface area contributed by atoms with Crippen molar-refractivity contribution in [3.63, 3.8) is 0 Å². The number of hydrogen-bond donors (Lipinski definition) is 2. The number of methoxy groups -OCH3 is 1.